The summed E-state index contributed by atoms with van der Waals surface area (Å²) in [7, 11) is -1.60. The van der Waals surface area contributed by atoms with E-state index >= 15 is 0 Å². The van der Waals surface area contributed by atoms with Gasteiger partial charge in [-0.25, -0.2) is 4.79 Å². The van der Waals surface area contributed by atoms with Crippen LogP contribution in [0.1, 0.15) is 77.6 Å². The maximum atomic E-state index is 12.8. The fourth-order valence-corrected chi connectivity index (χ4v) is 8.60. The van der Waals surface area contributed by atoms with Crippen LogP contribution in [-0.2, 0) is 4.74 Å². The molecule has 0 radical (unpaired) electrons. The van der Waals surface area contributed by atoms with Gasteiger partial charge in [0.25, 0.3) is 0 Å². The van der Waals surface area contributed by atoms with Crippen LogP contribution >= 0.6 is 7.26 Å². The molecule has 0 bridgehead atoms. The molecule has 124 valence electrons. The zero-order chi connectivity index (χ0) is 14.4. The second-order valence-corrected chi connectivity index (χ2v) is 11.0. The Morgan fingerprint density at radius 1 is 0.952 bits per heavy atom. The fraction of sp³-hybridized carbons (Fsp3) is 0.941. The summed E-state index contributed by atoms with van der Waals surface area (Å²) in [5.74, 6) is 0. The lowest BCUT2D eigenvalue weighted by Crippen LogP contribution is -3.00. The molecule has 2 fully saturated rings. The van der Waals surface area contributed by atoms with E-state index < -0.39 is 7.26 Å². The molecule has 0 spiro atoms. The number of hydrogen-bond donors (Lipinski definition) is 0. The molecule has 0 aromatic heterocycles. The average Bonchev–Trinajstić information content (AvgIpc) is 2.53. The Morgan fingerprint density at radius 2 is 1.38 bits per heavy atom. The summed E-state index contributed by atoms with van der Waals surface area (Å²) in [5.41, 5.74) is 1.56. The van der Waals surface area contributed by atoms with Gasteiger partial charge >= 0.3 is 5.71 Å². The Morgan fingerprint density at radius 3 is 1.76 bits per heavy atom. The molecular formula is C17H32IO2P. The summed E-state index contributed by atoms with van der Waals surface area (Å²) in [5, 5.41) is 0. The van der Waals surface area contributed by atoms with Gasteiger partial charge in [0.1, 0.15) is 7.26 Å². The largest absolute Gasteiger partial charge is 1.00 e. The van der Waals surface area contributed by atoms with Gasteiger partial charge in [-0.1, -0.05) is 19.8 Å². The molecule has 0 N–H and O–H groups in total. The minimum Gasteiger partial charge on any atom is -1.00 e. The van der Waals surface area contributed by atoms with Crippen molar-refractivity contribution in [3.05, 3.63) is 0 Å². The van der Waals surface area contributed by atoms with E-state index in [-0.39, 0.29) is 29.7 Å². The summed E-state index contributed by atoms with van der Waals surface area (Å²) in [6.07, 6.45) is 14.1. The van der Waals surface area contributed by atoms with Crippen LogP contribution in [-0.4, -0.2) is 30.3 Å². The van der Waals surface area contributed by atoms with Gasteiger partial charge in [-0.3, -0.25) is 0 Å². The van der Waals surface area contributed by atoms with Gasteiger partial charge in [0.15, 0.2) is 0 Å². The molecule has 2 saturated carbocycles. The van der Waals surface area contributed by atoms with Crippen LogP contribution in [0.15, 0.2) is 0 Å². The Kier molecular flexibility index (Phi) is 9.09. The van der Waals surface area contributed by atoms with Crippen molar-refractivity contribution in [2.24, 2.45) is 0 Å². The van der Waals surface area contributed by atoms with Gasteiger partial charge in [-0.05, 0) is 57.8 Å². The van der Waals surface area contributed by atoms with Crippen LogP contribution < -0.4 is 24.0 Å². The maximum absolute atomic E-state index is 12.8. The van der Waals surface area contributed by atoms with Gasteiger partial charge in [0, 0.05) is 0 Å². The molecule has 2 nitrogen and oxygen atoms in total. The van der Waals surface area contributed by atoms with Gasteiger partial charge in [-0.2, -0.15) is 0 Å². The summed E-state index contributed by atoms with van der Waals surface area (Å²) in [6.45, 7) is 5.05. The third-order valence-electron chi connectivity index (χ3n) is 5.49. The molecule has 0 amide bonds. The molecule has 2 rings (SSSR count). The number of ether oxygens (including phenoxy) is 1. The summed E-state index contributed by atoms with van der Waals surface area (Å²) < 4.78 is 5.67. The van der Waals surface area contributed by atoms with Crippen molar-refractivity contribution in [1.82, 2.24) is 0 Å². The molecule has 4 heteroatoms. The highest BCUT2D eigenvalue weighted by molar-refractivity contribution is 7.91. The zero-order valence-electron chi connectivity index (χ0n) is 13.8. The first-order valence-corrected chi connectivity index (χ1v) is 11.1. The molecule has 0 aromatic carbocycles. The van der Waals surface area contributed by atoms with Crippen molar-refractivity contribution in [2.75, 3.05) is 13.3 Å². The van der Waals surface area contributed by atoms with E-state index in [1.165, 1.54) is 64.2 Å². The molecular weight excluding hydrogens is 394 g/mol. The first-order chi connectivity index (χ1) is 9.69. The van der Waals surface area contributed by atoms with Crippen molar-refractivity contribution >= 4 is 13.0 Å². The highest BCUT2D eigenvalue weighted by Gasteiger charge is 2.56. The number of carbonyl (C=O) groups is 1. The molecule has 2 aliphatic rings. The normalized spacial score (nSPS) is 21.6. The molecule has 0 unspecified atom stereocenters. The molecule has 0 saturated heterocycles. The lowest BCUT2D eigenvalue weighted by atomic mass is 9.99. The van der Waals surface area contributed by atoms with E-state index in [2.05, 4.69) is 13.6 Å². The topological polar surface area (TPSA) is 26.3 Å². The zero-order valence-corrected chi connectivity index (χ0v) is 16.8. The van der Waals surface area contributed by atoms with Crippen molar-refractivity contribution in [3.8, 4) is 0 Å². The fourth-order valence-electron chi connectivity index (χ4n) is 4.16. The summed E-state index contributed by atoms with van der Waals surface area (Å²) in [4.78, 5) is 12.8. The molecule has 21 heavy (non-hydrogen) atoms. The van der Waals surface area contributed by atoms with Crippen LogP contribution in [0.5, 0.6) is 0 Å². The van der Waals surface area contributed by atoms with Crippen LogP contribution in [0.2, 0.25) is 0 Å². The third-order valence-corrected chi connectivity index (χ3v) is 10.5. The molecule has 0 heterocycles. The second kappa shape index (κ2) is 9.70. The number of carbonyl (C=O) groups excluding carboxylic acids is 1. The van der Waals surface area contributed by atoms with Gasteiger partial charge in [0.2, 0.25) is 0 Å². The molecule has 0 aliphatic heterocycles. The molecule has 0 aromatic rings. The van der Waals surface area contributed by atoms with E-state index in [1.807, 2.05) is 0 Å². The van der Waals surface area contributed by atoms with Crippen LogP contribution in [0.4, 0.5) is 4.79 Å². The quantitative estimate of drug-likeness (QED) is 0.500. The predicted molar refractivity (Wildman–Crippen MR) is 88.2 cm³/mol. The number of hydrogen-bond acceptors (Lipinski definition) is 2. The third kappa shape index (κ3) is 4.80. The summed E-state index contributed by atoms with van der Waals surface area (Å²) in [6, 6.07) is 0. The Labute approximate surface area is 148 Å². The standard InChI is InChI=1S/C17H32O2P.HI/c1-3-14-19-17(18)20(2,15-10-6-4-7-11-15)16-12-8-5-9-13-16;/h15-16H,3-14H2,1-2H3;1H/q+1;/p-1. The van der Waals surface area contributed by atoms with Crippen molar-refractivity contribution in [1.29, 1.82) is 0 Å². The van der Waals surface area contributed by atoms with E-state index in [0.29, 0.717) is 17.9 Å². The van der Waals surface area contributed by atoms with E-state index in [1.54, 1.807) is 0 Å². The predicted octanol–water partition coefficient (Wildman–Crippen LogP) is 2.85. The lowest BCUT2D eigenvalue weighted by Gasteiger charge is -2.38. The Balaban J connectivity index is 0.00000220. The van der Waals surface area contributed by atoms with Crippen LogP contribution in [0.3, 0.4) is 0 Å². The number of rotatable bonds is 5. The second-order valence-electron chi connectivity index (χ2n) is 6.85. The van der Waals surface area contributed by atoms with Crippen LogP contribution in [0, 0.1) is 0 Å². The van der Waals surface area contributed by atoms with E-state index in [0.717, 1.165) is 6.42 Å². The first-order valence-electron chi connectivity index (χ1n) is 8.72. The first kappa shape index (κ1) is 19.7. The highest BCUT2D eigenvalue weighted by Crippen LogP contribution is 2.70. The van der Waals surface area contributed by atoms with Crippen molar-refractivity contribution < 1.29 is 33.5 Å². The van der Waals surface area contributed by atoms with Crippen molar-refractivity contribution in [3.63, 3.8) is 0 Å². The Bertz CT molecular complexity index is 292. The average molecular weight is 426 g/mol. The smallest absolute Gasteiger partial charge is 0.450 e. The highest BCUT2D eigenvalue weighted by atomic mass is 127. The Hall–Kier alpha value is 0.630. The minimum atomic E-state index is -1.60. The van der Waals surface area contributed by atoms with Crippen LogP contribution in [0.25, 0.3) is 0 Å². The molecule has 0 atom stereocenters. The maximum Gasteiger partial charge on any atom is 0.450 e. The lowest BCUT2D eigenvalue weighted by molar-refractivity contribution is -0.00000891. The van der Waals surface area contributed by atoms with Crippen molar-refractivity contribution in [2.45, 2.75) is 88.9 Å². The molecule has 2 aliphatic carbocycles. The van der Waals surface area contributed by atoms with Gasteiger partial charge in [-0.15, -0.1) is 0 Å². The minimum absolute atomic E-state index is 0. The number of halogens is 1. The van der Waals surface area contributed by atoms with Gasteiger partial charge in [0.05, 0.1) is 24.6 Å². The SMILES string of the molecule is CCCOC(=O)[P+](C)(C1CCCCC1)C1CCCCC1.[I-]. The van der Waals surface area contributed by atoms with E-state index in [9.17, 15) is 4.79 Å². The van der Waals surface area contributed by atoms with E-state index in [4.69, 9.17) is 4.74 Å². The summed E-state index contributed by atoms with van der Waals surface area (Å²) >= 11 is 0. The monoisotopic (exact) mass is 426 g/mol. The van der Waals surface area contributed by atoms with Gasteiger partial charge < -0.3 is 28.7 Å².